The summed E-state index contributed by atoms with van der Waals surface area (Å²) in [6, 6.07) is 8.22. The van der Waals surface area contributed by atoms with Crippen molar-refractivity contribution in [3.63, 3.8) is 0 Å². The smallest absolute Gasteiger partial charge is 0.239 e. The maximum atomic E-state index is 12.7. The summed E-state index contributed by atoms with van der Waals surface area (Å²) >= 11 is 0. The van der Waals surface area contributed by atoms with E-state index in [4.69, 9.17) is 9.73 Å². The highest BCUT2D eigenvalue weighted by Crippen LogP contribution is 2.28. The maximum absolute atomic E-state index is 12.7. The molecule has 0 aromatic heterocycles. The van der Waals surface area contributed by atoms with Gasteiger partial charge in [0.2, 0.25) is 5.91 Å². The van der Waals surface area contributed by atoms with Crippen molar-refractivity contribution in [3.05, 3.63) is 29.8 Å². The first-order valence-electron chi connectivity index (χ1n) is 11.5. The molecule has 3 aliphatic rings. The number of aliphatic imine (C=N–C) groups is 1. The molecule has 172 valence electrons. The number of halogens is 1. The van der Waals surface area contributed by atoms with Crippen LogP contribution in [0.1, 0.15) is 32.3 Å². The lowest BCUT2D eigenvalue weighted by molar-refractivity contribution is -0.135. The average Bonchev–Trinajstić information content (AvgIpc) is 3.45. The van der Waals surface area contributed by atoms with Gasteiger partial charge in [0.05, 0.1) is 12.6 Å². The lowest BCUT2D eigenvalue weighted by Gasteiger charge is -2.39. The van der Waals surface area contributed by atoms with E-state index in [0.29, 0.717) is 12.5 Å². The second-order valence-electron chi connectivity index (χ2n) is 8.48. The first-order valence-corrected chi connectivity index (χ1v) is 11.5. The van der Waals surface area contributed by atoms with Gasteiger partial charge in [-0.1, -0.05) is 18.2 Å². The van der Waals surface area contributed by atoms with Crippen LogP contribution >= 0.6 is 24.0 Å². The van der Waals surface area contributed by atoms with Crippen molar-refractivity contribution in [2.45, 2.75) is 45.3 Å². The van der Waals surface area contributed by atoms with Gasteiger partial charge in [-0.25, -0.2) is 4.99 Å². The molecule has 8 heteroatoms. The molecule has 1 N–H and O–H groups in total. The molecular weight excluding hydrogens is 505 g/mol. The maximum Gasteiger partial charge on any atom is 0.239 e. The van der Waals surface area contributed by atoms with Crippen molar-refractivity contribution >= 4 is 35.8 Å². The van der Waals surface area contributed by atoms with Gasteiger partial charge in [0, 0.05) is 52.2 Å². The minimum Gasteiger partial charge on any atom is -0.488 e. The predicted molar refractivity (Wildman–Crippen MR) is 134 cm³/mol. The van der Waals surface area contributed by atoms with E-state index < -0.39 is 0 Å². The molecule has 0 aliphatic carbocycles. The van der Waals surface area contributed by atoms with E-state index in [1.54, 1.807) is 0 Å². The van der Waals surface area contributed by atoms with E-state index in [1.807, 2.05) is 17.0 Å². The molecule has 0 saturated carbocycles. The molecule has 2 fully saturated rings. The van der Waals surface area contributed by atoms with Crippen LogP contribution in [0.3, 0.4) is 0 Å². The molecule has 1 amide bonds. The van der Waals surface area contributed by atoms with Crippen LogP contribution in [-0.4, -0.2) is 91.1 Å². The number of ether oxygens (including phenoxy) is 1. The van der Waals surface area contributed by atoms with Gasteiger partial charge in [-0.05, 0) is 38.3 Å². The number of benzene rings is 1. The Morgan fingerprint density at radius 2 is 1.84 bits per heavy atom. The molecule has 7 nitrogen and oxygen atoms in total. The monoisotopic (exact) mass is 541 g/mol. The first-order chi connectivity index (χ1) is 14.7. The lowest BCUT2D eigenvalue weighted by atomic mass is 10.1. The summed E-state index contributed by atoms with van der Waals surface area (Å²) in [4.78, 5) is 24.3. The Bertz CT molecular complexity index is 735. The topological polar surface area (TPSA) is 60.4 Å². The van der Waals surface area contributed by atoms with Crippen LogP contribution in [0, 0.1) is 0 Å². The largest absolute Gasteiger partial charge is 0.488 e. The highest BCUT2D eigenvalue weighted by atomic mass is 127. The summed E-state index contributed by atoms with van der Waals surface area (Å²) in [6.45, 7) is 11.0. The van der Waals surface area contributed by atoms with Crippen molar-refractivity contribution in [1.29, 1.82) is 0 Å². The second kappa shape index (κ2) is 11.4. The van der Waals surface area contributed by atoms with Gasteiger partial charge in [0.15, 0.2) is 5.96 Å². The van der Waals surface area contributed by atoms with E-state index in [0.717, 1.165) is 76.8 Å². The number of piperazine rings is 1. The number of nitrogens with zero attached hydrogens (tertiary/aromatic N) is 4. The summed E-state index contributed by atoms with van der Waals surface area (Å²) in [5, 5.41) is 3.44. The van der Waals surface area contributed by atoms with Gasteiger partial charge >= 0.3 is 0 Å². The van der Waals surface area contributed by atoms with Gasteiger partial charge < -0.3 is 19.9 Å². The molecule has 1 aromatic rings. The van der Waals surface area contributed by atoms with Gasteiger partial charge in [-0.2, -0.15) is 0 Å². The molecule has 1 aromatic carbocycles. The number of likely N-dealkylation sites (tertiary alicyclic amines) is 1. The molecule has 0 spiro atoms. The van der Waals surface area contributed by atoms with Crippen LogP contribution in [0.5, 0.6) is 5.75 Å². The van der Waals surface area contributed by atoms with Crippen LogP contribution in [0.2, 0.25) is 0 Å². The van der Waals surface area contributed by atoms with Crippen LogP contribution in [0.4, 0.5) is 0 Å². The zero-order valence-electron chi connectivity index (χ0n) is 18.8. The number of nitrogens with one attached hydrogen (secondary N) is 1. The predicted octanol–water partition coefficient (Wildman–Crippen LogP) is 2.20. The number of para-hydroxylation sites is 1. The molecule has 2 unspecified atom stereocenters. The molecular formula is C23H36IN5O2. The molecule has 0 radical (unpaired) electrons. The summed E-state index contributed by atoms with van der Waals surface area (Å²) < 4.78 is 6.04. The third-order valence-corrected chi connectivity index (χ3v) is 6.43. The van der Waals surface area contributed by atoms with Crippen LogP contribution < -0.4 is 10.1 Å². The molecule has 31 heavy (non-hydrogen) atoms. The van der Waals surface area contributed by atoms with Crippen molar-refractivity contribution in [2.24, 2.45) is 4.99 Å². The molecule has 4 rings (SSSR count). The number of carbonyl (C=O) groups excluding carboxylic acids is 1. The highest BCUT2D eigenvalue weighted by Gasteiger charge is 2.30. The lowest BCUT2D eigenvalue weighted by Crippen LogP contribution is -2.57. The number of amides is 1. The molecule has 2 atom stereocenters. The first kappa shape index (κ1) is 24.1. The minimum absolute atomic E-state index is 0. The summed E-state index contributed by atoms with van der Waals surface area (Å²) in [7, 11) is 0. The average molecular weight is 541 g/mol. The molecule has 0 bridgehead atoms. The van der Waals surface area contributed by atoms with E-state index in [9.17, 15) is 4.79 Å². The zero-order chi connectivity index (χ0) is 20.9. The van der Waals surface area contributed by atoms with Gasteiger partial charge in [-0.15, -0.1) is 24.0 Å². The Balaban J connectivity index is 0.00000272. The molecule has 2 saturated heterocycles. The summed E-state index contributed by atoms with van der Waals surface area (Å²) in [5.74, 6) is 2.24. The van der Waals surface area contributed by atoms with E-state index >= 15 is 0 Å². The SMILES string of the molecule is CCNC(=NCC1Cc2ccccc2O1)N1CCN(C(C)C(=O)N2CCCC2)CC1.I. The van der Waals surface area contributed by atoms with Gasteiger partial charge in [0.25, 0.3) is 0 Å². The fourth-order valence-corrected chi connectivity index (χ4v) is 4.65. The number of hydrogen-bond acceptors (Lipinski definition) is 4. The molecule has 3 aliphatic heterocycles. The second-order valence-corrected chi connectivity index (χ2v) is 8.48. The number of hydrogen-bond donors (Lipinski definition) is 1. The summed E-state index contributed by atoms with van der Waals surface area (Å²) in [5.41, 5.74) is 1.27. The Hall–Kier alpha value is -1.55. The van der Waals surface area contributed by atoms with Crippen molar-refractivity contribution in [1.82, 2.24) is 20.0 Å². The summed E-state index contributed by atoms with van der Waals surface area (Å²) in [6.07, 6.45) is 3.31. The number of carbonyl (C=O) groups is 1. The van der Waals surface area contributed by atoms with Crippen molar-refractivity contribution in [3.8, 4) is 5.75 Å². The Morgan fingerprint density at radius 3 is 2.52 bits per heavy atom. The standard InChI is InChI=1S/C23H35N5O2.HI/c1-3-24-23(25-17-20-16-19-8-4-5-9-21(19)30-20)28-14-12-26(13-15-28)18(2)22(29)27-10-6-7-11-27;/h4-5,8-9,18,20H,3,6-7,10-17H2,1-2H3,(H,24,25);1H. The quantitative estimate of drug-likeness (QED) is 0.352. The van der Waals surface area contributed by atoms with Gasteiger partial charge in [-0.3, -0.25) is 9.69 Å². The van der Waals surface area contributed by atoms with Crippen molar-refractivity contribution in [2.75, 3.05) is 52.4 Å². The fraction of sp³-hybridized carbons (Fsp3) is 0.652. The van der Waals surface area contributed by atoms with E-state index in [2.05, 4.69) is 41.1 Å². The third kappa shape index (κ3) is 5.83. The Morgan fingerprint density at radius 1 is 1.13 bits per heavy atom. The Kier molecular flexibility index (Phi) is 8.83. The van der Waals surface area contributed by atoms with E-state index in [-0.39, 0.29) is 36.1 Å². The number of rotatable bonds is 5. The number of fused-ring (bicyclic) bond motifs is 1. The van der Waals surface area contributed by atoms with Crippen LogP contribution in [-0.2, 0) is 11.2 Å². The minimum atomic E-state index is -0.0323. The van der Waals surface area contributed by atoms with Crippen molar-refractivity contribution < 1.29 is 9.53 Å². The highest BCUT2D eigenvalue weighted by molar-refractivity contribution is 14.0. The van der Waals surface area contributed by atoms with Gasteiger partial charge in [0.1, 0.15) is 11.9 Å². The van der Waals surface area contributed by atoms with E-state index in [1.165, 1.54) is 5.56 Å². The molecule has 3 heterocycles. The third-order valence-electron chi connectivity index (χ3n) is 6.43. The van der Waals surface area contributed by atoms with Crippen LogP contribution in [0.25, 0.3) is 0 Å². The van der Waals surface area contributed by atoms with Crippen LogP contribution in [0.15, 0.2) is 29.3 Å². The Labute approximate surface area is 203 Å². The fourth-order valence-electron chi connectivity index (χ4n) is 4.65. The normalized spacial score (nSPS) is 22.5. The number of guanidine groups is 1. The zero-order valence-corrected chi connectivity index (χ0v) is 21.1.